The molecular weight excluding hydrogens is 315 g/mol. The van der Waals surface area contributed by atoms with Gasteiger partial charge >= 0.3 is 0 Å². The first kappa shape index (κ1) is 18.6. The lowest BCUT2D eigenvalue weighted by atomic mass is 10.0. The Hall–Kier alpha value is -1.70. The number of methoxy groups -OCH3 is 2. The third-order valence-electron chi connectivity index (χ3n) is 4.06. The van der Waals surface area contributed by atoms with Gasteiger partial charge in [0.1, 0.15) is 6.61 Å². The highest BCUT2D eigenvalue weighted by atomic mass is 19.1. The van der Waals surface area contributed by atoms with Gasteiger partial charge in [-0.15, -0.1) is 0 Å². The van der Waals surface area contributed by atoms with Crippen molar-refractivity contribution in [3.05, 3.63) is 36.0 Å². The number of carbonyl (C=O) groups is 1. The maximum atomic E-state index is 14.2. The van der Waals surface area contributed by atoms with Crippen LogP contribution in [0.2, 0.25) is 0 Å². The van der Waals surface area contributed by atoms with Gasteiger partial charge in [-0.2, -0.15) is 0 Å². The fraction of sp³-hybridized carbons (Fsp3) is 0.529. The molecule has 2 rings (SSSR count). The van der Waals surface area contributed by atoms with Gasteiger partial charge in [0.15, 0.2) is 17.9 Å². The molecule has 0 spiro atoms. The van der Waals surface area contributed by atoms with E-state index in [1.807, 2.05) is 4.90 Å². The van der Waals surface area contributed by atoms with Crippen molar-refractivity contribution >= 4 is 5.91 Å². The van der Waals surface area contributed by atoms with Crippen LogP contribution in [0, 0.1) is 12.2 Å². The van der Waals surface area contributed by atoms with E-state index in [-0.39, 0.29) is 24.3 Å². The first-order valence-corrected chi connectivity index (χ1v) is 7.87. The Kier molecular flexibility index (Phi) is 6.96. The Morgan fingerprint density at radius 3 is 2.79 bits per heavy atom. The largest absolute Gasteiger partial charge is 0.485 e. The van der Waals surface area contributed by atoms with E-state index in [9.17, 15) is 9.18 Å². The summed E-state index contributed by atoms with van der Waals surface area (Å²) in [6.07, 6.45) is 3.04. The zero-order valence-corrected chi connectivity index (χ0v) is 14.0. The number of likely N-dealkylation sites (tertiary alicyclic amines) is 1. The number of rotatable bonds is 8. The lowest BCUT2D eigenvalue weighted by Gasteiger charge is -2.33. The van der Waals surface area contributed by atoms with Crippen LogP contribution in [-0.4, -0.2) is 50.5 Å². The number of hydrogen-bond donors (Lipinski definition) is 1. The summed E-state index contributed by atoms with van der Waals surface area (Å²) < 4.78 is 29.6. The van der Waals surface area contributed by atoms with Crippen LogP contribution in [0.25, 0.3) is 0 Å². The van der Waals surface area contributed by atoms with E-state index < -0.39 is 12.1 Å². The van der Waals surface area contributed by atoms with Gasteiger partial charge in [0, 0.05) is 20.8 Å². The predicted octanol–water partition coefficient (Wildman–Crippen LogP) is 1.48. The Morgan fingerprint density at radius 2 is 2.17 bits per heavy atom. The van der Waals surface area contributed by atoms with Crippen molar-refractivity contribution in [2.45, 2.75) is 31.7 Å². The Bertz CT molecular complexity index is 551. The van der Waals surface area contributed by atoms with Crippen molar-refractivity contribution in [1.82, 2.24) is 4.90 Å². The molecule has 6 nitrogen and oxygen atoms in total. The number of halogens is 1. The highest BCUT2D eigenvalue weighted by Crippen LogP contribution is 2.23. The molecule has 0 bridgehead atoms. The van der Waals surface area contributed by atoms with E-state index in [2.05, 4.69) is 6.42 Å². The molecule has 1 aromatic carbocycles. The van der Waals surface area contributed by atoms with E-state index in [0.29, 0.717) is 13.0 Å². The first-order chi connectivity index (χ1) is 11.5. The minimum absolute atomic E-state index is 0.0922. The van der Waals surface area contributed by atoms with Crippen LogP contribution in [0.5, 0.6) is 5.75 Å². The van der Waals surface area contributed by atoms with Crippen LogP contribution in [0.3, 0.4) is 0 Å². The molecule has 1 atom stereocenters. The second-order valence-corrected chi connectivity index (χ2v) is 5.68. The summed E-state index contributed by atoms with van der Waals surface area (Å²) in [5, 5.41) is 0. The number of hydrogen-bond acceptors (Lipinski definition) is 5. The zero-order chi connectivity index (χ0) is 17.5. The Labute approximate surface area is 141 Å². The van der Waals surface area contributed by atoms with Crippen molar-refractivity contribution < 1.29 is 23.4 Å². The number of nitrogens with zero attached hydrogens (tertiary/aromatic N) is 1. The first-order valence-electron chi connectivity index (χ1n) is 7.87. The van der Waals surface area contributed by atoms with Crippen molar-refractivity contribution in [2.75, 3.05) is 27.4 Å². The highest BCUT2D eigenvalue weighted by molar-refractivity contribution is 5.80. The van der Waals surface area contributed by atoms with Crippen molar-refractivity contribution in [3.8, 4) is 5.75 Å². The monoisotopic (exact) mass is 339 g/mol. The highest BCUT2D eigenvalue weighted by Gasteiger charge is 2.27. The molecule has 1 radical (unpaired) electrons. The summed E-state index contributed by atoms with van der Waals surface area (Å²) in [5.74, 6) is -0.675. The summed E-state index contributed by atoms with van der Waals surface area (Å²) in [6, 6.07) is 4.44. The Morgan fingerprint density at radius 1 is 1.42 bits per heavy atom. The molecule has 1 aliphatic heterocycles. The molecule has 133 valence electrons. The number of ether oxygens (including phenoxy) is 3. The molecule has 7 heteroatoms. The number of carbonyl (C=O) groups excluding carboxylic acids is 1. The second kappa shape index (κ2) is 8.96. The minimum atomic E-state index is -0.551. The fourth-order valence-corrected chi connectivity index (χ4v) is 2.71. The van der Waals surface area contributed by atoms with Crippen LogP contribution in [0.1, 0.15) is 18.4 Å². The lowest BCUT2D eigenvalue weighted by Crippen LogP contribution is -2.47. The second-order valence-electron chi connectivity index (χ2n) is 5.68. The minimum Gasteiger partial charge on any atom is -0.485 e. The van der Waals surface area contributed by atoms with Crippen molar-refractivity contribution in [1.29, 1.82) is 0 Å². The number of nitrogens with two attached hydrogens (primary N) is 1. The molecular formula is C17H24FN2O4. The van der Waals surface area contributed by atoms with Gasteiger partial charge in [0.25, 0.3) is 0 Å². The van der Waals surface area contributed by atoms with E-state index >= 15 is 0 Å². The number of benzene rings is 1. The van der Waals surface area contributed by atoms with Gasteiger partial charge in [-0.25, -0.2) is 4.39 Å². The topological polar surface area (TPSA) is 74.0 Å². The number of piperidine rings is 1. The van der Waals surface area contributed by atoms with Gasteiger partial charge < -0.3 is 19.9 Å². The quantitative estimate of drug-likeness (QED) is 0.726. The van der Waals surface area contributed by atoms with Gasteiger partial charge in [-0.1, -0.05) is 6.07 Å². The molecule has 1 saturated heterocycles. The third kappa shape index (κ3) is 4.90. The van der Waals surface area contributed by atoms with Crippen LogP contribution < -0.4 is 10.5 Å². The SMILES string of the molecule is COC(COc1ccc(CN2CC[CH]CC2C(N)=O)cc1F)OC. The smallest absolute Gasteiger partial charge is 0.234 e. The Balaban J connectivity index is 1.99. The molecule has 0 aliphatic carbocycles. The van der Waals surface area contributed by atoms with Gasteiger partial charge in [0.05, 0.1) is 6.04 Å². The standard InChI is InChI=1S/C17H24FN2O4/c1-22-16(23-2)11-24-15-7-6-12(9-13(15)18)10-20-8-4-3-5-14(20)17(19)21/h3,6-7,9,14,16H,4-5,8,10-11H2,1-2H3,(H2,19,21). The molecule has 1 heterocycles. The normalized spacial score (nSPS) is 18.8. The van der Waals surface area contributed by atoms with Crippen LogP contribution in [-0.2, 0) is 20.8 Å². The van der Waals surface area contributed by atoms with Gasteiger partial charge in [0.2, 0.25) is 5.91 Å². The summed E-state index contributed by atoms with van der Waals surface area (Å²) in [5.41, 5.74) is 6.21. The molecule has 1 amide bonds. The lowest BCUT2D eigenvalue weighted by molar-refractivity contribution is -0.124. The molecule has 24 heavy (non-hydrogen) atoms. The molecule has 1 aliphatic rings. The summed E-state index contributed by atoms with van der Waals surface area (Å²) in [4.78, 5) is 13.5. The third-order valence-corrected chi connectivity index (χ3v) is 4.06. The van der Waals surface area contributed by atoms with Gasteiger partial charge in [-0.3, -0.25) is 9.69 Å². The van der Waals surface area contributed by atoms with Gasteiger partial charge in [-0.05, 0) is 43.5 Å². The summed E-state index contributed by atoms with van der Waals surface area (Å²) in [6.45, 7) is 1.29. The molecule has 0 saturated carbocycles. The molecule has 1 fully saturated rings. The summed E-state index contributed by atoms with van der Waals surface area (Å²) in [7, 11) is 2.98. The average molecular weight is 339 g/mol. The zero-order valence-electron chi connectivity index (χ0n) is 14.0. The number of primary amides is 1. The van der Waals surface area contributed by atoms with E-state index in [1.165, 1.54) is 20.3 Å². The van der Waals surface area contributed by atoms with E-state index in [1.54, 1.807) is 12.1 Å². The van der Waals surface area contributed by atoms with E-state index in [0.717, 1.165) is 18.5 Å². The average Bonchev–Trinajstić information content (AvgIpc) is 2.57. The predicted molar refractivity (Wildman–Crippen MR) is 86.6 cm³/mol. The summed E-state index contributed by atoms with van der Waals surface area (Å²) >= 11 is 0. The molecule has 1 unspecified atom stereocenters. The van der Waals surface area contributed by atoms with Crippen molar-refractivity contribution in [3.63, 3.8) is 0 Å². The maximum Gasteiger partial charge on any atom is 0.234 e. The fourth-order valence-electron chi connectivity index (χ4n) is 2.71. The van der Waals surface area contributed by atoms with Crippen LogP contribution in [0.15, 0.2) is 18.2 Å². The van der Waals surface area contributed by atoms with Crippen LogP contribution in [0.4, 0.5) is 4.39 Å². The molecule has 1 aromatic rings. The van der Waals surface area contributed by atoms with E-state index in [4.69, 9.17) is 19.9 Å². The molecule has 2 N–H and O–H groups in total. The number of amides is 1. The van der Waals surface area contributed by atoms with Crippen LogP contribution >= 0.6 is 0 Å². The maximum absolute atomic E-state index is 14.2. The van der Waals surface area contributed by atoms with Crippen molar-refractivity contribution in [2.24, 2.45) is 5.73 Å². The molecule has 0 aromatic heterocycles.